The van der Waals surface area contributed by atoms with Gasteiger partial charge in [0.15, 0.2) is 0 Å². The van der Waals surface area contributed by atoms with E-state index in [1.807, 2.05) is 0 Å². The van der Waals surface area contributed by atoms with E-state index < -0.39 is 5.91 Å². The lowest BCUT2D eigenvalue weighted by Gasteiger charge is -2.15. The Kier molecular flexibility index (Phi) is 4.35. The Hall–Kier alpha value is -2.67. The van der Waals surface area contributed by atoms with Gasteiger partial charge in [-0.1, -0.05) is 0 Å². The summed E-state index contributed by atoms with van der Waals surface area (Å²) in [5, 5.41) is 3.83. The highest BCUT2D eigenvalue weighted by molar-refractivity contribution is 9.10. The van der Waals surface area contributed by atoms with E-state index in [0.717, 1.165) is 0 Å². The van der Waals surface area contributed by atoms with E-state index in [-0.39, 0.29) is 11.4 Å². The molecule has 0 bridgehead atoms. The number of primary amides is 1. The molecule has 3 aromatic rings. The van der Waals surface area contributed by atoms with Gasteiger partial charge in [0.05, 0.1) is 29.6 Å². The molecule has 122 valence electrons. The standard InChI is InChI=1S/C17H13BrFN3O2/c1-24-10-3-4-11-15(7-10)21-8-12(17(20)23)16(11)22-14-5-2-9(19)6-13(14)18/h2-8H,1H3,(H2,20,23)(H,21,22). The first-order valence-corrected chi connectivity index (χ1v) is 7.77. The average Bonchev–Trinajstić information content (AvgIpc) is 2.56. The van der Waals surface area contributed by atoms with E-state index in [4.69, 9.17) is 10.5 Å². The van der Waals surface area contributed by atoms with E-state index in [2.05, 4.69) is 26.2 Å². The summed E-state index contributed by atoms with van der Waals surface area (Å²) in [4.78, 5) is 16.0. The highest BCUT2D eigenvalue weighted by Gasteiger charge is 2.15. The van der Waals surface area contributed by atoms with Gasteiger partial charge in [0.25, 0.3) is 5.91 Å². The number of hydrogen-bond donors (Lipinski definition) is 2. The number of methoxy groups -OCH3 is 1. The molecule has 1 heterocycles. The van der Waals surface area contributed by atoms with Crippen molar-refractivity contribution in [3.8, 4) is 5.75 Å². The molecular formula is C17H13BrFN3O2. The SMILES string of the molecule is COc1ccc2c(Nc3ccc(F)cc3Br)c(C(N)=O)cnc2c1. The van der Waals surface area contributed by atoms with Crippen LogP contribution in [0.5, 0.6) is 5.75 Å². The predicted octanol–water partition coefficient (Wildman–Crippen LogP) is 3.99. The van der Waals surface area contributed by atoms with Gasteiger partial charge in [-0.3, -0.25) is 9.78 Å². The smallest absolute Gasteiger partial charge is 0.252 e. The summed E-state index contributed by atoms with van der Waals surface area (Å²) in [6, 6.07) is 9.53. The maximum atomic E-state index is 13.3. The molecule has 0 radical (unpaired) electrons. The number of ether oxygens (including phenoxy) is 1. The maximum Gasteiger partial charge on any atom is 0.252 e. The Morgan fingerprint density at radius 3 is 2.75 bits per heavy atom. The van der Waals surface area contributed by atoms with Gasteiger partial charge in [-0.15, -0.1) is 0 Å². The van der Waals surface area contributed by atoms with Gasteiger partial charge in [-0.2, -0.15) is 0 Å². The summed E-state index contributed by atoms with van der Waals surface area (Å²) in [6.45, 7) is 0. The number of rotatable bonds is 4. The largest absolute Gasteiger partial charge is 0.497 e. The molecule has 0 aliphatic carbocycles. The summed E-state index contributed by atoms with van der Waals surface area (Å²) in [5.41, 5.74) is 7.44. The van der Waals surface area contributed by atoms with Crippen LogP contribution in [0.4, 0.5) is 15.8 Å². The molecule has 24 heavy (non-hydrogen) atoms. The number of nitrogens with two attached hydrogens (primary N) is 1. The number of fused-ring (bicyclic) bond motifs is 1. The van der Waals surface area contributed by atoms with Crippen molar-refractivity contribution in [1.29, 1.82) is 0 Å². The zero-order valence-corrected chi connectivity index (χ0v) is 14.2. The van der Waals surface area contributed by atoms with Crippen LogP contribution in [0.2, 0.25) is 0 Å². The third-order valence-electron chi connectivity index (χ3n) is 3.53. The molecule has 0 atom stereocenters. The number of hydrogen-bond acceptors (Lipinski definition) is 4. The van der Waals surface area contributed by atoms with Crippen molar-refractivity contribution in [3.05, 3.63) is 58.4 Å². The first kappa shape index (κ1) is 16.2. The number of nitrogens with zero attached hydrogens (tertiary/aromatic N) is 1. The molecule has 0 fully saturated rings. The van der Waals surface area contributed by atoms with E-state index >= 15 is 0 Å². The molecule has 3 N–H and O–H groups in total. The van der Waals surface area contributed by atoms with Crippen molar-refractivity contribution >= 4 is 44.1 Å². The molecule has 5 nitrogen and oxygen atoms in total. The molecule has 0 aliphatic heterocycles. The fourth-order valence-corrected chi connectivity index (χ4v) is 2.80. The Bertz CT molecular complexity index is 947. The number of carbonyl (C=O) groups is 1. The number of anilines is 2. The van der Waals surface area contributed by atoms with Gasteiger partial charge >= 0.3 is 0 Å². The second-order valence-corrected chi connectivity index (χ2v) is 5.90. The first-order valence-electron chi connectivity index (χ1n) is 6.98. The van der Waals surface area contributed by atoms with Crippen molar-refractivity contribution in [2.45, 2.75) is 0 Å². The van der Waals surface area contributed by atoms with Crippen LogP contribution in [0.15, 0.2) is 47.1 Å². The molecule has 0 spiro atoms. The Labute approximate surface area is 145 Å². The van der Waals surface area contributed by atoms with Crippen molar-refractivity contribution in [2.24, 2.45) is 5.73 Å². The third kappa shape index (κ3) is 3.03. The quantitative estimate of drug-likeness (QED) is 0.707. The van der Waals surface area contributed by atoms with E-state index in [1.165, 1.54) is 18.3 Å². The fraction of sp³-hybridized carbons (Fsp3) is 0.0588. The molecule has 7 heteroatoms. The number of benzene rings is 2. The van der Waals surface area contributed by atoms with Crippen LogP contribution in [0.3, 0.4) is 0 Å². The van der Waals surface area contributed by atoms with Crippen LogP contribution < -0.4 is 15.8 Å². The number of amides is 1. The Morgan fingerprint density at radius 2 is 2.08 bits per heavy atom. The highest BCUT2D eigenvalue weighted by atomic mass is 79.9. The first-order chi connectivity index (χ1) is 11.5. The minimum absolute atomic E-state index is 0.240. The van der Waals surface area contributed by atoms with Crippen molar-refractivity contribution in [2.75, 3.05) is 12.4 Å². The molecule has 3 rings (SSSR count). The van der Waals surface area contributed by atoms with Crippen molar-refractivity contribution in [1.82, 2.24) is 4.98 Å². The molecule has 0 saturated heterocycles. The van der Waals surface area contributed by atoms with Gasteiger partial charge in [0.2, 0.25) is 0 Å². The Balaban J connectivity index is 2.19. The number of pyridine rings is 1. The van der Waals surface area contributed by atoms with Gasteiger partial charge in [0.1, 0.15) is 11.6 Å². The van der Waals surface area contributed by atoms with Crippen LogP contribution in [0, 0.1) is 5.82 Å². The summed E-state index contributed by atoms with van der Waals surface area (Å²) in [5.74, 6) is -0.330. The second kappa shape index (κ2) is 6.45. The zero-order valence-electron chi connectivity index (χ0n) is 12.6. The number of halogens is 2. The van der Waals surface area contributed by atoms with E-state index in [0.29, 0.717) is 32.5 Å². The van der Waals surface area contributed by atoms with Gasteiger partial charge in [-0.25, -0.2) is 4.39 Å². The number of carbonyl (C=O) groups excluding carboxylic acids is 1. The lowest BCUT2D eigenvalue weighted by atomic mass is 10.1. The monoisotopic (exact) mass is 389 g/mol. The molecule has 0 unspecified atom stereocenters. The molecule has 1 amide bonds. The van der Waals surface area contributed by atoms with E-state index in [9.17, 15) is 9.18 Å². The average molecular weight is 390 g/mol. The van der Waals surface area contributed by atoms with Crippen LogP contribution in [0.25, 0.3) is 10.9 Å². The van der Waals surface area contributed by atoms with Gasteiger partial charge in [0, 0.05) is 22.1 Å². The molecule has 1 aromatic heterocycles. The summed E-state index contributed by atoms with van der Waals surface area (Å²) >= 11 is 3.30. The molecule has 0 aliphatic rings. The molecule has 0 saturated carbocycles. The topological polar surface area (TPSA) is 77.2 Å². The van der Waals surface area contributed by atoms with Crippen LogP contribution in [-0.2, 0) is 0 Å². The predicted molar refractivity (Wildman–Crippen MR) is 94.2 cm³/mol. The van der Waals surface area contributed by atoms with E-state index in [1.54, 1.807) is 31.4 Å². The van der Waals surface area contributed by atoms with Crippen LogP contribution in [-0.4, -0.2) is 18.0 Å². The van der Waals surface area contributed by atoms with Crippen LogP contribution >= 0.6 is 15.9 Å². The fourth-order valence-electron chi connectivity index (χ4n) is 2.35. The summed E-state index contributed by atoms with van der Waals surface area (Å²) in [7, 11) is 1.56. The molecule has 2 aromatic carbocycles. The minimum Gasteiger partial charge on any atom is -0.497 e. The summed E-state index contributed by atoms with van der Waals surface area (Å²) in [6.07, 6.45) is 1.41. The lowest BCUT2D eigenvalue weighted by molar-refractivity contribution is 0.100. The van der Waals surface area contributed by atoms with Gasteiger partial charge in [-0.05, 0) is 46.3 Å². The van der Waals surface area contributed by atoms with Crippen molar-refractivity contribution < 1.29 is 13.9 Å². The second-order valence-electron chi connectivity index (χ2n) is 5.04. The minimum atomic E-state index is -0.610. The van der Waals surface area contributed by atoms with Crippen LogP contribution in [0.1, 0.15) is 10.4 Å². The zero-order chi connectivity index (χ0) is 17.3. The normalized spacial score (nSPS) is 10.6. The number of nitrogens with one attached hydrogen (secondary N) is 1. The highest BCUT2D eigenvalue weighted by Crippen LogP contribution is 2.33. The number of aromatic nitrogens is 1. The summed E-state index contributed by atoms with van der Waals surface area (Å²) < 4.78 is 19.0. The maximum absolute atomic E-state index is 13.3. The van der Waals surface area contributed by atoms with Crippen molar-refractivity contribution in [3.63, 3.8) is 0 Å². The lowest BCUT2D eigenvalue weighted by Crippen LogP contribution is -2.14. The Morgan fingerprint density at radius 1 is 1.29 bits per heavy atom. The third-order valence-corrected chi connectivity index (χ3v) is 4.19. The molecular weight excluding hydrogens is 377 g/mol. The van der Waals surface area contributed by atoms with Gasteiger partial charge < -0.3 is 15.8 Å².